The molecule has 0 saturated carbocycles. The van der Waals surface area contributed by atoms with Crippen LogP contribution in [0, 0.1) is 6.92 Å². The molecule has 0 fully saturated rings. The highest BCUT2D eigenvalue weighted by Gasteiger charge is 2.34. The van der Waals surface area contributed by atoms with Crippen LogP contribution in [-0.2, 0) is 4.79 Å². The number of nitrogens with one attached hydrogen (secondary N) is 2. The molecule has 2 N–H and O–H groups in total. The largest absolute Gasteiger partial charge is 0.493 e. The van der Waals surface area contributed by atoms with Crippen LogP contribution in [0.1, 0.15) is 24.1 Å². The number of fused-ring (bicyclic) bond motifs is 1. The number of hydrogen-bond acceptors (Lipinski definition) is 7. The molecule has 3 aromatic rings. The number of carbonyl (C=O) groups is 1. The number of benzene rings is 2. The van der Waals surface area contributed by atoms with E-state index in [0.29, 0.717) is 34.4 Å². The van der Waals surface area contributed by atoms with E-state index in [2.05, 4.69) is 26.2 Å². The van der Waals surface area contributed by atoms with Crippen molar-refractivity contribution in [1.82, 2.24) is 20.2 Å². The van der Waals surface area contributed by atoms with Crippen LogP contribution in [-0.4, -0.2) is 40.3 Å². The van der Waals surface area contributed by atoms with Crippen molar-refractivity contribution in [1.29, 1.82) is 0 Å². The number of hydrogen-bond donors (Lipinski definition) is 2. The van der Waals surface area contributed by atoms with Crippen molar-refractivity contribution in [3.63, 3.8) is 0 Å². The van der Waals surface area contributed by atoms with E-state index in [1.165, 1.54) is 0 Å². The Morgan fingerprint density at radius 2 is 1.90 bits per heavy atom. The van der Waals surface area contributed by atoms with Gasteiger partial charge in [-0.05, 0) is 59.7 Å². The van der Waals surface area contributed by atoms with Gasteiger partial charge in [0.15, 0.2) is 11.5 Å². The number of anilines is 2. The standard InChI is InChI=1S/C21H22N6O3/c1-12-6-5-7-15(10-12)23-20(28)18-13(2)22-21-24-25-26-27(21)19(18)14-8-9-16(29-3)17(11-14)30-4/h5-11,19H,1-4H3,(H,23,28)(H,22,24,26). The van der Waals surface area contributed by atoms with Gasteiger partial charge < -0.3 is 20.1 Å². The molecule has 2 aromatic carbocycles. The van der Waals surface area contributed by atoms with Gasteiger partial charge in [-0.1, -0.05) is 23.3 Å². The van der Waals surface area contributed by atoms with E-state index in [4.69, 9.17) is 9.47 Å². The molecule has 0 bridgehead atoms. The van der Waals surface area contributed by atoms with E-state index in [9.17, 15) is 4.79 Å². The lowest BCUT2D eigenvalue weighted by Gasteiger charge is -2.28. The number of carbonyl (C=O) groups excluding carboxylic acids is 1. The summed E-state index contributed by atoms with van der Waals surface area (Å²) in [5.41, 5.74) is 3.73. The Balaban J connectivity index is 1.78. The topological polar surface area (TPSA) is 103 Å². The molecule has 1 unspecified atom stereocenters. The number of methoxy groups -OCH3 is 2. The molecule has 0 radical (unpaired) electrons. The maximum Gasteiger partial charge on any atom is 0.255 e. The van der Waals surface area contributed by atoms with E-state index in [0.717, 1.165) is 11.1 Å². The number of nitrogens with zero attached hydrogens (tertiary/aromatic N) is 4. The fourth-order valence-corrected chi connectivity index (χ4v) is 3.56. The molecule has 1 amide bonds. The maximum absolute atomic E-state index is 13.3. The first kappa shape index (κ1) is 19.4. The van der Waals surface area contributed by atoms with Gasteiger partial charge in [0, 0.05) is 11.4 Å². The SMILES string of the molecule is COc1ccc(C2C(C(=O)Nc3cccc(C)c3)=C(C)Nc3nnnn32)cc1OC. The molecule has 9 heteroatoms. The molecule has 0 saturated heterocycles. The van der Waals surface area contributed by atoms with E-state index >= 15 is 0 Å². The molecule has 0 spiro atoms. The van der Waals surface area contributed by atoms with Gasteiger partial charge >= 0.3 is 0 Å². The molecule has 1 aliphatic rings. The van der Waals surface area contributed by atoms with Crippen molar-refractivity contribution in [3.05, 3.63) is 64.9 Å². The lowest BCUT2D eigenvalue weighted by atomic mass is 9.94. The van der Waals surface area contributed by atoms with Gasteiger partial charge in [0.2, 0.25) is 5.95 Å². The highest BCUT2D eigenvalue weighted by molar-refractivity contribution is 6.06. The average molecular weight is 406 g/mol. The van der Waals surface area contributed by atoms with Crippen LogP contribution < -0.4 is 20.1 Å². The van der Waals surface area contributed by atoms with Gasteiger partial charge in [-0.25, -0.2) is 0 Å². The van der Waals surface area contributed by atoms with Crippen molar-refractivity contribution in [3.8, 4) is 11.5 Å². The first-order chi connectivity index (χ1) is 14.5. The van der Waals surface area contributed by atoms with Crippen LogP contribution in [0.3, 0.4) is 0 Å². The van der Waals surface area contributed by atoms with Crippen molar-refractivity contribution in [2.24, 2.45) is 0 Å². The fraction of sp³-hybridized carbons (Fsp3) is 0.238. The number of tetrazole rings is 1. The summed E-state index contributed by atoms with van der Waals surface area (Å²) in [4.78, 5) is 13.3. The molecule has 4 rings (SSSR count). The minimum atomic E-state index is -0.541. The van der Waals surface area contributed by atoms with E-state index in [-0.39, 0.29) is 5.91 Å². The van der Waals surface area contributed by atoms with Crippen LogP contribution in [0.2, 0.25) is 0 Å². The van der Waals surface area contributed by atoms with E-state index < -0.39 is 6.04 Å². The minimum absolute atomic E-state index is 0.244. The maximum atomic E-state index is 13.3. The van der Waals surface area contributed by atoms with Crippen LogP contribution in [0.25, 0.3) is 0 Å². The second-order valence-corrected chi connectivity index (χ2v) is 6.95. The highest BCUT2D eigenvalue weighted by atomic mass is 16.5. The monoisotopic (exact) mass is 406 g/mol. The minimum Gasteiger partial charge on any atom is -0.493 e. The highest BCUT2D eigenvalue weighted by Crippen LogP contribution is 2.38. The van der Waals surface area contributed by atoms with Crippen molar-refractivity contribution >= 4 is 17.5 Å². The lowest BCUT2D eigenvalue weighted by molar-refractivity contribution is -0.113. The van der Waals surface area contributed by atoms with Crippen LogP contribution in [0.5, 0.6) is 11.5 Å². The van der Waals surface area contributed by atoms with Gasteiger partial charge in [0.05, 0.1) is 19.8 Å². The summed E-state index contributed by atoms with van der Waals surface area (Å²) in [6.07, 6.45) is 0. The number of allylic oxidation sites excluding steroid dienone is 1. The summed E-state index contributed by atoms with van der Waals surface area (Å²) in [5, 5.41) is 18.0. The van der Waals surface area contributed by atoms with Gasteiger partial charge in [0.25, 0.3) is 5.91 Å². The van der Waals surface area contributed by atoms with Crippen LogP contribution in [0.15, 0.2) is 53.7 Å². The Bertz CT molecular complexity index is 1140. The van der Waals surface area contributed by atoms with Gasteiger partial charge in [-0.15, -0.1) is 0 Å². The van der Waals surface area contributed by atoms with Crippen molar-refractivity contribution in [2.75, 3.05) is 24.9 Å². The second kappa shape index (κ2) is 7.86. The number of ether oxygens (including phenoxy) is 2. The Kier molecular flexibility index (Phi) is 5.09. The first-order valence-corrected chi connectivity index (χ1v) is 9.37. The van der Waals surface area contributed by atoms with Gasteiger partial charge in [-0.2, -0.15) is 4.68 Å². The lowest BCUT2D eigenvalue weighted by Crippen LogP contribution is -2.31. The summed E-state index contributed by atoms with van der Waals surface area (Å²) in [6.45, 7) is 3.80. The predicted molar refractivity (Wildman–Crippen MR) is 112 cm³/mol. The number of aryl methyl sites for hydroxylation is 1. The average Bonchev–Trinajstić information content (AvgIpc) is 3.20. The Morgan fingerprint density at radius 3 is 2.63 bits per heavy atom. The zero-order valence-electron chi connectivity index (χ0n) is 17.1. The van der Waals surface area contributed by atoms with Gasteiger partial charge in [0.1, 0.15) is 6.04 Å². The molecular formula is C21H22N6O3. The zero-order valence-corrected chi connectivity index (χ0v) is 17.1. The third kappa shape index (κ3) is 3.45. The molecule has 30 heavy (non-hydrogen) atoms. The number of rotatable bonds is 5. The van der Waals surface area contributed by atoms with Crippen LogP contribution in [0.4, 0.5) is 11.6 Å². The van der Waals surface area contributed by atoms with E-state index in [1.54, 1.807) is 25.0 Å². The summed E-state index contributed by atoms with van der Waals surface area (Å²) in [5.74, 6) is 1.36. The normalized spacial score (nSPS) is 15.3. The third-order valence-electron chi connectivity index (χ3n) is 4.96. The fourth-order valence-electron chi connectivity index (χ4n) is 3.56. The van der Waals surface area contributed by atoms with Crippen molar-refractivity contribution in [2.45, 2.75) is 19.9 Å². The molecule has 9 nitrogen and oxygen atoms in total. The molecule has 1 aliphatic heterocycles. The molecular weight excluding hydrogens is 384 g/mol. The summed E-state index contributed by atoms with van der Waals surface area (Å²) in [7, 11) is 3.14. The molecule has 0 aliphatic carbocycles. The zero-order chi connectivity index (χ0) is 21.3. The van der Waals surface area contributed by atoms with E-state index in [1.807, 2.05) is 50.2 Å². The molecule has 154 valence electrons. The quantitative estimate of drug-likeness (QED) is 0.671. The smallest absolute Gasteiger partial charge is 0.255 e. The molecule has 2 heterocycles. The number of aromatic nitrogens is 4. The second-order valence-electron chi connectivity index (χ2n) is 6.95. The Morgan fingerprint density at radius 1 is 1.10 bits per heavy atom. The summed E-state index contributed by atoms with van der Waals surface area (Å²) >= 11 is 0. The summed E-state index contributed by atoms with van der Waals surface area (Å²) < 4.78 is 12.4. The Hall–Kier alpha value is -3.88. The summed E-state index contributed by atoms with van der Waals surface area (Å²) in [6, 6.07) is 12.6. The third-order valence-corrected chi connectivity index (χ3v) is 4.96. The molecule has 1 atom stereocenters. The predicted octanol–water partition coefficient (Wildman–Crippen LogP) is 2.93. The number of amides is 1. The van der Waals surface area contributed by atoms with Gasteiger partial charge in [-0.3, -0.25) is 4.79 Å². The Labute approximate surface area is 173 Å². The first-order valence-electron chi connectivity index (χ1n) is 9.37. The van der Waals surface area contributed by atoms with Crippen molar-refractivity contribution < 1.29 is 14.3 Å². The molecule has 1 aromatic heterocycles. The van der Waals surface area contributed by atoms with Crippen LogP contribution >= 0.6 is 0 Å².